The van der Waals surface area contributed by atoms with Crippen molar-refractivity contribution in [3.63, 3.8) is 0 Å². The molecule has 0 atom stereocenters. The van der Waals surface area contributed by atoms with Gasteiger partial charge in [0.05, 0.1) is 17.2 Å². The van der Waals surface area contributed by atoms with E-state index in [9.17, 15) is 9.59 Å². The zero-order chi connectivity index (χ0) is 13.0. The molecule has 0 unspecified atom stereocenters. The van der Waals surface area contributed by atoms with Gasteiger partial charge in [0.2, 0.25) is 0 Å². The maximum atomic E-state index is 11.6. The molecule has 0 radical (unpaired) electrons. The van der Waals surface area contributed by atoms with Gasteiger partial charge in [0.1, 0.15) is 0 Å². The van der Waals surface area contributed by atoms with Gasteiger partial charge in [0.25, 0.3) is 5.91 Å². The summed E-state index contributed by atoms with van der Waals surface area (Å²) < 4.78 is 4.86. The summed E-state index contributed by atoms with van der Waals surface area (Å²) in [6.07, 6.45) is 1.98. The Morgan fingerprint density at radius 3 is 2.89 bits per heavy atom. The lowest BCUT2D eigenvalue weighted by molar-refractivity contribution is -0.124. The molecule has 1 aliphatic rings. The third-order valence-corrected chi connectivity index (χ3v) is 2.50. The third kappa shape index (κ3) is 3.32. The molecular weight excluding hydrogens is 232 g/mol. The van der Waals surface area contributed by atoms with Gasteiger partial charge in [-0.25, -0.2) is 4.79 Å². The number of hydrogen-bond donors (Lipinski definition) is 1. The summed E-state index contributed by atoms with van der Waals surface area (Å²) in [5, 5.41) is 11.4. The first-order chi connectivity index (χ1) is 8.69. The quantitative estimate of drug-likeness (QED) is 0.801. The maximum absolute atomic E-state index is 11.6. The van der Waals surface area contributed by atoms with Crippen LogP contribution in [0.2, 0.25) is 0 Å². The number of amides is 1. The van der Waals surface area contributed by atoms with Gasteiger partial charge in [-0.1, -0.05) is 6.07 Å². The number of ether oxygens (including phenoxy) is 1. The molecule has 0 saturated heterocycles. The molecule has 0 spiro atoms. The molecule has 1 fully saturated rings. The highest BCUT2D eigenvalue weighted by Gasteiger charge is 2.23. The number of carbonyl (C=O) groups excluding carboxylic acids is 2. The van der Waals surface area contributed by atoms with Crippen LogP contribution in [0.3, 0.4) is 0 Å². The van der Waals surface area contributed by atoms with Gasteiger partial charge in [-0.05, 0) is 31.0 Å². The van der Waals surface area contributed by atoms with E-state index in [1.807, 2.05) is 6.07 Å². The zero-order valence-corrected chi connectivity index (χ0v) is 9.68. The molecule has 1 aromatic carbocycles. The summed E-state index contributed by atoms with van der Waals surface area (Å²) in [6.45, 7) is -0.286. The first kappa shape index (κ1) is 12.1. The lowest BCUT2D eigenvalue weighted by atomic mass is 10.1. The topological polar surface area (TPSA) is 79.2 Å². The Hall–Kier alpha value is -2.35. The lowest BCUT2D eigenvalue weighted by Crippen LogP contribution is -2.30. The maximum Gasteiger partial charge on any atom is 0.338 e. The van der Waals surface area contributed by atoms with Crippen molar-refractivity contribution in [2.75, 3.05) is 6.61 Å². The van der Waals surface area contributed by atoms with E-state index >= 15 is 0 Å². The van der Waals surface area contributed by atoms with Crippen molar-refractivity contribution in [3.05, 3.63) is 35.4 Å². The summed E-state index contributed by atoms with van der Waals surface area (Å²) in [4.78, 5) is 22.9. The number of benzene rings is 1. The molecule has 0 heterocycles. The van der Waals surface area contributed by atoms with Crippen molar-refractivity contribution in [1.82, 2.24) is 5.32 Å². The van der Waals surface area contributed by atoms with Crippen molar-refractivity contribution >= 4 is 11.9 Å². The molecule has 1 aliphatic carbocycles. The van der Waals surface area contributed by atoms with Crippen LogP contribution in [0.5, 0.6) is 0 Å². The van der Waals surface area contributed by atoms with E-state index in [4.69, 9.17) is 10.00 Å². The average Bonchev–Trinajstić information content (AvgIpc) is 3.20. The molecule has 92 valence electrons. The van der Waals surface area contributed by atoms with Gasteiger partial charge >= 0.3 is 5.97 Å². The summed E-state index contributed by atoms with van der Waals surface area (Å²) in [5.41, 5.74) is 0.653. The molecular formula is C13H12N2O3. The average molecular weight is 244 g/mol. The van der Waals surface area contributed by atoms with Crippen molar-refractivity contribution < 1.29 is 14.3 Å². The van der Waals surface area contributed by atoms with Gasteiger partial charge in [-0.2, -0.15) is 5.26 Å². The minimum Gasteiger partial charge on any atom is -0.452 e. The van der Waals surface area contributed by atoms with Crippen molar-refractivity contribution in [3.8, 4) is 6.07 Å². The largest absolute Gasteiger partial charge is 0.452 e. The number of rotatable bonds is 4. The van der Waals surface area contributed by atoms with Gasteiger partial charge < -0.3 is 10.1 Å². The molecule has 1 amide bonds. The van der Waals surface area contributed by atoms with Crippen LogP contribution in [0.25, 0.3) is 0 Å². The fraction of sp³-hybridized carbons (Fsp3) is 0.308. The highest BCUT2D eigenvalue weighted by atomic mass is 16.5. The smallest absolute Gasteiger partial charge is 0.338 e. The normalized spacial score (nSPS) is 13.5. The molecule has 1 N–H and O–H groups in total. The Labute approximate surface area is 104 Å². The minimum atomic E-state index is -0.599. The van der Waals surface area contributed by atoms with Gasteiger partial charge in [-0.3, -0.25) is 4.79 Å². The summed E-state index contributed by atoms with van der Waals surface area (Å²) in [6, 6.07) is 8.35. The van der Waals surface area contributed by atoms with Crippen LogP contribution in [0.15, 0.2) is 24.3 Å². The van der Waals surface area contributed by atoms with E-state index < -0.39 is 5.97 Å². The Bertz CT molecular complexity index is 515. The molecule has 2 rings (SSSR count). The summed E-state index contributed by atoms with van der Waals surface area (Å²) in [7, 11) is 0. The van der Waals surface area contributed by atoms with E-state index in [0.29, 0.717) is 5.56 Å². The highest BCUT2D eigenvalue weighted by molar-refractivity contribution is 5.91. The van der Waals surface area contributed by atoms with Gasteiger partial charge in [0, 0.05) is 6.04 Å². The van der Waals surface area contributed by atoms with Crippen LogP contribution < -0.4 is 5.32 Å². The molecule has 0 aliphatic heterocycles. The predicted molar refractivity (Wildman–Crippen MR) is 62.6 cm³/mol. The highest BCUT2D eigenvalue weighted by Crippen LogP contribution is 2.18. The second-order valence-electron chi connectivity index (χ2n) is 4.11. The number of nitriles is 1. The SMILES string of the molecule is N#Cc1cccc(C(=O)OCC(=O)NC2CC2)c1. The molecule has 1 saturated carbocycles. The minimum absolute atomic E-state index is 0.248. The van der Waals surface area contributed by atoms with E-state index in [1.54, 1.807) is 18.2 Å². The molecule has 18 heavy (non-hydrogen) atoms. The fourth-order valence-electron chi connectivity index (χ4n) is 1.43. The number of nitrogens with zero attached hydrogens (tertiary/aromatic N) is 1. The second-order valence-corrected chi connectivity index (χ2v) is 4.11. The van der Waals surface area contributed by atoms with Crippen molar-refractivity contribution in [1.29, 1.82) is 5.26 Å². The van der Waals surface area contributed by atoms with Crippen LogP contribution in [0.4, 0.5) is 0 Å². The van der Waals surface area contributed by atoms with E-state index in [-0.39, 0.29) is 24.1 Å². The van der Waals surface area contributed by atoms with E-state index in [2.05, 4.69) is 5.32 Å². The molecule has 5 nitrogen and oxygen atoms in total. The molecule has 1 aromatic rings. The predicted octanol–water partition coefficient (Wildman–Crippen LogP) is 0.994. The third-order valence-electron chi connectivity index (χ3n) is 2.50. The second kappa shape index (κ2) is 5.32. The van der Waals surface area contributed by atoms with Crippen LogP contribution in [-0.2, 0) is 9.53 Å². The number of carbonyl (C=O) groups is 2. The summed E-state index contributed by atoms with van der Waals surface area (Å²) in [5.74, 6) is -0.889. The lowest BCUT2D eigenvalue weighted by Gasteiger charge is -2.05. The Morgan fingerprint density at radius 2 is 2.22 bits per heavy atom. The molecule has 0 bridgehead atoms. The Kier molecular flexibility index (Phi) is 3.58. The van der Waals surface area contributed by atoms with Crippen LogP contribution >= 0.6 is 0 Å². The molecule has 0 aromatic heterocycles. The number of esters is 1. The Balaban J connectivity index is 1.86. The van der Waals surface area contributed by atoms with Crippen LogP contribution in [0, 0.1) is 11.3 Å². The van der Waals surface area contributed by atoms with Gasteiger partial charge in [-0.15, -0.1) is 0 Å². The van der Waals surface area contributed by atoms with Crippen LogP contribution in [-0.4, -0.2) is 24.5 Å². The van der Waals surface area contributed by atoms with Crippen molar-refractivity contribution in [2.45, 2.75) is 18.9 Å². The summed E-state index contributed by atoms with van der Waals surface area (Å²) >= 11 is 0. The standard InChI is InChI=1S/C13H12N2O3/c14-7-9-2-1-3-10(6-9)13(17)18-8-12(16)15-11-4-5-11/h1-3,6,11H,4-5,8H2,(H,15,16). The number of hydrogen-bond acceptors (Lipinski definition) is 4. The van der Waals surface area contributed by atoms with E-state index in [0.717, 1.165) is 12.8 Å². The Morgan fingerprint density at radius 1 is 1.44 bits per heavy atom. The van der Waals surface area contributed by atoms with Crippen LogP contribution in [0.1, 0.15) is 28.8 Å². The van der Waals surface area contributed by atoms with E-state index in [1.165, 1.54) is 6.07 Å². The molecule has 5 heteroatoms. The van der Waals surface area contributed by atoms with Crippen molar-refractivity contribution in [2.24, 2.45) is 0 Å². The van der Waals surface area contributed by atoms with Gasteiger partial charge in [0.15, 0.2) is 6.61 Å². The monoisotopic (exact) mass is 244 g/mol. The number of nitrogens with one attached hydrogen (secondary N) is 1. The fourth-order valence-corrected chi connectivity index (χ4v) is 1.43. The first-order valence-electron chi connectivity index (χ1n) is 5.65. The zero-order valence-electron chi connectivity index (χ0n) is 9.68. The first-order valence-corrected chi connectivity index (χ1v) is 5.65.